The topological polar surface area (TPSA) is 24.5 Å². The van der Waals surface area contributed by atoms with Crippen molar-refractivity contribution in [2.24, 2.45) is 5.92 Å². The quantitative estimate of drug-likeness (QED) is 0.829. The Balaban J connectivity index is 1.95. The minimum absolute atomic E-state index is 0.456. The molecule has 3 heteroatoms. The van der Waals surface area contributed by atoms with Crippen molar-refractivity contribution in [3.8, 4) is 0 Å². The summed E-state index contributed by atoms with van der Waals surface area (Å²) in [5, 5.41) is 3.79. The lowest BCUT2D eigenvalue weighted by Crippen LogP contribution is -2.56. The van der Waals surface area contributed by atoms with E-state index in [1.807, 2.05) is 7.11 Å². The van der Waals surface area contributed by atoms with Gasteiger partial charge in [-0.1, -0.05) is 13.8 Å². The smallest absolute Gasteiger partial charge is 0.0698 e. The molecule has 19 heavy (non-hydrogen) atoms. The second-order valence-corrected chi connectivity index (χ2v) is 6.54. The maximum Gasteiger partial charge on any atom is 0.0698 e. The fourth-order valence-electron chi connectivity index (χ4n) is 3.78. The average Bonchev–Trinajstić information content (AvgIpc) is 2.46. The fourth-order valence-corrected chi connectivity index (χ4v) is 3.78. The molecule has 0 aromatic heterocycles. The zero-order valence-electron chi connectivity index (χ0n) is 13.0. The van der Waals surface area contributed by atoms with Gasteiger partial charge in [-0.25, -0.2) is 0 Å². The van der Waals surface area contributed by atoms with Gasteiger partial charge in [0.25, 0.3) is 0 Å². The molecule has 0 aromatic rings. The summed E-state index contributed by atoms with van der Waals surface area (Å²) in [5.41, 5.74) is 0. The molecule has 4 unspecified atom stereocenters. The lowest BCUT2D eigenvalue weighted by atomic mass is 9.81. The molecule has 0 aromatic carbocycles. The summed E-state index contributed by atoms with van der Waals surface area (Å²) >= 11 is 0. The van der Waals surface area contributed by atoms with Gasteiger partial charge in [0.1, 0.15) is 0 Å². The number of nitrogens with zero attached hydrogens (tertiary/aromatic N) is 1. The summed E-state index contributed by atoms with van der Waals surface area (Å²) in [6, 6.07) is 1.43. The van der Waals surface area contributed by atoms with Crippen LogP contribution in [0.4, 0.5) is 0 Å². The normalized spacial score (nSPS) is 37.4. The Hall–Kier alpha value is -0.120. The zero-order chi connectivity index (χ0) is 13.7. The van der Waals surface area contributed by atoms with Crippen LogP contribution in [0.1, 0.15) is 52.4 Å². The van der Waals surface area contributed by atoms with E-state index in [2.05, 4.69) is 24.1 Å². The first kappa shape index (κ1) is 15.3. The van der Waals surface area contributed by atoms with Crippen LogP contribution in [0.2, 0.25) is 0 Å². The molecule has 1 N–H and O–H groups in total. The minimum atomic E-state index is 0.456. The van der Waals surface area contributed by atoms with Crippen LogP contribution < -0.4 is 5.32 Å². The van der Waals surface area contributed by atoms with E-state index in [4.69, 9.17) is 4.74 Å². The molecule has 0 spiro atoms. The molecule has 2 aliphatic rings. The molecular weight excluding hydrogens is 236 g/mol. The first-order valence-electron chi connectivity index (χ1n) is 8.24. The van der Waals surface area contributed by atoms with Crippen molar-refractivity contribution < 1.29 is 4.74 Å². The highest BCUT2D eigenvalue weighted by Crippen LogP contribution is 2.30. The van der Waals surface area contributed by atoms with Gasteiger partial charge in [-0.05, 0) is 57.5 Å². The molecule has 1 saturated heterocycles. The third-order valence-corrected chi connectivity index (χ3v) is 4.95. The summed E-state index contributed by atoms with van der Waals surface area (Å²) < 4.78 is 5.59. The Kier molecular flexibility index (Phi) is 6.11. The lowest BCUT2D eigenvalue weighted by Gasteiger charge is -2.45. The summed E-state index contributed by atoms with van der Waals surface area (Å²) in [7, 11) is 1.87. The number of nitrogens with one attached hydrogen (secondary N) is 1. The van der Waals surface area contributed by atoms with Gasteiger partial charge in [-0.2, -0.15) is 0 Å². The molecule has 1 heterocycles. The minimum Gasteiger partial charge on any atom is -0.380 e. The van der Waals surface area contributed by atoms with E-state index in [0.29, 0.717) is 12.1 Å². The van der Waals surface area contributed by atoms with Crippen molar-refractivity contribution in [1.29, 1.82) is 0 Å². The summed E-state index contributed by atoms with van der Waals surface area (Å²) in [4.78, 5) is 2.71. The Morgan fingerprint density at radius 1 is 1.26 bits per heavy atom. The van der Waals surface area contributed by atoms with Crippen LogP contribution in [-0.2, 0) is 4.74 Å². The highest BCUT2D eigenvalue weighted by atomic mass is 16.5. The third-order valence-electron chi connectivity index (χ3n) is 4.95. The van der Waals surface area contributed by atoms with E-state index in [9.17, 15) is 0 Å². The number of ether oxygens (including phenoxy) is 1. The Morgan fingerprint density at radius 2 is 2.11 bits per heavy atom. The number of likely N-dealkylation sites (tertiary alicyclic amines) is 1. The Labute approximate surface area is 119 Å². The van der Waals surface area contributed by atoms with E-state index < -0.39 is 0 Å². The third kappa shape index (κ3) is 4.17. The van der Waals surface area contributed by atoms with Gasteiger partial charge in [-0.15, -0.1) is 0 Å². The van der Waals surface area contributed by atoms with Crippen molar-refractivity contribution in [1.82, 2.24) is 10.2 Å². The molecule has 0 amide bonds. The average molecular weight is 268 g/mol. The van der Waals surface area contributed by atoms with E-state index in [-0.39, 0.29) is 0 Å². The Bertz CT molecular complexity index is 257. The second-order valence-electron chi connectivity index (χ2n) is 6.54. The highest BCUT2D eigenvalue weighted by Gasteiger charge is 2.34. The van der Waals surface area contributed by atoms with Crippen LogP contribution >= 0.6 is 0 Å². The predicted octanol–water partition coefficient (Wildman–Crippen LogP) is 2.65. The summed E-state index contributed by atoms with van der Waals surface area (Å²) in [6.07, 6.45) is 8.32. The summed E-state index contributed by atoms with van der Waals surface area (Å²) in [5.74, 6) is 0.882. The molecule has 2 fully saturated rings. The van der Waals surface area contributed by atoms with Crippen molar-refractivity contribution in [3.63, 3.8) is 0 Å². The van der Waals surface area contributed by atoms with Crippen molar-refractivity contribution in [3.05, 3.63) is 0 Å². The summed E-state index contributed by atoms with van der Waals surface area (Å²) in [6.45, 7) is 8.24. The van der Waals surface area contributed by atoms with Crippen LogP contribution in [-0.4, -0.2) is 49.8 Å². The maximum absolute atomic E-state index is 5.59. The van der Waals surface area contributed by atoms with E-state index in [0.717, 1.165) is 25.0 Å². The van der Waals surface area contributed by atoms with Crippen molar-refractivity contribution >= 4 is 0 Å². The molecular formula is C16H32N2O. The SMILES string of the molecule is CCCNC1CCC(C)CC1N1CCCC(OC)C1. The predicted molar refractivity (Wildman–Crippen MR) is 80.5 cm³/mol. The lowest BCUT2D eigenvalue weighted by molar-refractivity contribution is -0.00482. The van der Waals surface area contributed by atoms with Gasteiger partial charge >= 0.3 is 0 Å². The van der Waals surface area contributed by atoms with Crippen LogP contribution in [0, 0.1) is 5.92 Å². The second kappa shape index (κ2) is 7.61. The van der Waals surface area contributed by atoms with Crippen LogP contribution in [0.3, 0.4) is 0 Å². The monoisotopic (exact) mass is 268 g/mol. The van der Waals surface area contributed by atoms with Crippen LogP contribution in [0.15, 0.2) is 0 Å². The first-order valence-corrected chi connectivity index (χ1v) is 8.24. The standard InChI is InChI=1S/C16H32N2O/c1-4-9-17-15-8-7-13(2)11-16(15)18-10-5-6-14(12-18)19-3/h13-17H,4-12H2,1-3H3. The number of hydrogen-bond donors (Lipinski definition) is 1. The number of methoxy groups -OCH3 is 1. The molecule has 0 radical (unpaired) electrons. The van der Waals surface area contributed by atoms with Crippen molar-refractivity contribution in [2.75, 3.05) is 26.7 Å². The van der Waals surface area contributed by atoms with Crippen molar-refractivity contribution in [2.45, 2.75) is 70.6 Å². The first-order chi connectivity index (χ1) is 9.24. The number of hydrogen-bond acceptors (Lipinski definition) is 3. The van der Waals surface area contributed by atoms with Crippen LogP contribution in [0.5, 0.6) is 0 Å². The molecule has 112 valence electrons. The molecule has 4 atom stereocenters. The number of rotatable bonds is 5. The molecule has 1 aliphatic heterocycles. The van der Waals surface area contributed by atoms with Gasteiger partial charge in [-0.3, -0.25) is 4.90 Å². The largest absolute Gasteiger partial charge is 0.380 e. The fraction of sp³-hybridized carbons (Fsp3) is 1.00. The molecule has 1 aliphatic carbocycles. The van der Waals surface area contributed by atoms with E-state index in [1.165, 1.54) is 45.1 Å². The molecule has 1 saturated carbocycles. The van der Waals surface area contributed by atoms with Gasteiger partial charge < -0.3 is 10.1 Å². The van der Waals surface area contributed by atoms with Gasteiger partial charge in [0.05, 0.1) is 6.10 Å². The Morgan fingerprint density at radius 3 is 2.84 bits per heavy atom. The molecule has 3 nitrogen and oxygen atoms in total. The van der Waals surface area contributed by atoms with Gasteiger partial charge in [0.15, 0.2) is 0 Å². The van der Waals surface area contributed by atoms with Gasteiger partial charge in [0.2, 0.25) is 0 Å². The maximum atomic E-state index is 5.59. The number of piperidine rings is 1. The van der Waals surface area contributed by atoms with Gasteiger partial charge in [0, 0.05) is 25.7 Å². The van der Waals surface area contributed by atoms with Crippen LogP contribution in [0.25, 0.3) is 0 Å². The highest BCUT2D eigenvalue weighted by molar-refractivity contribution is 4.92. The van der Waals surface area contributed by atoms with E-state index in [1.54, 1.807) is 0 Å². The zero-order valence-corrected chi connectivity index (χ0v) is 13.0. The molecule has 0 bridgehead atoms. The van der Waals surface area contributed by atoms with E-state index >= 15 is 0 Å². The molecule has 2 rings (SSSR count).